The molecule has 0 aliphatic rings. The second kappa shape index (κ2) is 5.56. The minimum atomic E-state index is -4.39. The zero-order chi connectivity index (χ0) is 12.9. The fourth-order valence-electron chi connectivity index (χ4n) is 1.25. The van der Waals surface area contributed by atoms with Gasteiger partial charge in [0.1, 0.15) is 5.75 Å². The highest BCUT2D eigenvalue weighted by molar-refractivity contribution is 5.83. The third-order valence-electron chi connectivity index (χ3n) is 2.01. The molecule has 0 heterocycles. The van der Waals surface area contributed by atoms with Crippen LogP contribution in [0.2, 0.25) is 0 Å². The lowest BCUT2D eigenvalue weighted by Crippen LogP contribution is -2.07. The van der Waals surface area contributed by atoms with Gasteiger partial charge >= 0.3 is 6.18 Å². The smallest absolute Gasteiger partial charge is 0.416 e. The van der Waals surface area contributed by atoms with Gasteiger partial charge in [-0.1, -0.05) is 6.92 Å². The van der Waals surface area contributed by atoms with Crippen LogP contribution in [0.4, 0.5) is 13.2 Å². The number of ether oxygens (including phenoxy) is 1. The maximum absolute atomic E-state index is 12.5. The van der Waals surface area contributed by atoms with Crippen molar-refractivity contribution in [3.8, 4) is 5.75 Å². The number of hydrogen-bond donors (Lipinski definition) is 1. The van der Waals surface area contributed by atoms with Crippen LogP contribution in [0, 0.1) is 0 Å². The van der Waals surface area contributed by atoms with Crippen LogP contribution in [0.15, 0.2) is 23.3 Å². The summed E-state index contributed by atoms with van der Waals surface area (Å²) in [7, 11) is 0. The first-order chi connectivity index (χ1) is 7.99. The van der Waals surface area contributed by atoms with E-state index in [9.17, 15) is 13.2 Å². The predicted molar refractivity (Wildman–Crippen MR) is 59.0 cm³/mol. The molecule has 0 aliphatic carbocycles. The van der Waals surface area contributed by atoms with Crippen LogP contribution < -0.4 is 10.6 Å². The van der Waals surface area contributed by atoms with Crippen molar-refractivity contribution < 1.29 is 17.9 Å². The molecule has 17 heavy (non-hydrogen) atoms. The van der Waals surface area contributed by atoms with Gasteiger partial charge in [-0.2, -0.15) is 18.3 Å². The maximum atomic E-state index is 12.5. The van der Waals surface area contributed by atoms with E-state index in [-0.39, 0.29) is 5.56 Å². The molecule has 1 rings (SSSR count). The molecule has 0 saturated heterocycles. The minimum absolute atomic E-state index is 0.218. The standard InChI is InChI=1S/C11H13F3N2O/c1-2-5-17-10-4-3-9(11(12,13)14)6-8(10)7-16-15/h3-4,6-7H,2,5,15H2,1H3. The largest absolute Gasteiger partial charge is 0.493 e. The van der Waals surface area contributed by atoms with Gasteiger partial charge in [0.05, 0.1) is 18.4 Å². The Morgan fingerprint density at radius 1 is 1.41 bits per heavy atom. The predicted octanol–water partition coefficient (Wildman–Crippen LogP) is 2.79. The lowest BCUT2D eigenvalue weighted by Gasteiger charge is -2.11. The summed E-state index contributed by atoms with van der Waals surface area (Å²) in [5.74, 6) is 5.29. The first kappa shape index (κ1) is 13.3. The van der Waals surface area contributed by atoms with Gasteiger partial charge in [0.15, 0.2) is 0 Å². The average molecular weight is 246 g/mol. The topological polar surface area (TPSA) is 47.6 Å². The number of nitrogens with zero attached hydrogens (tertiary/aromatic N) is 1. The Morgan fingerprint density at radius 3 is 2.65 bits per heavy atom. The molecule has 3 nitrogen and oxygen atoms in total. The van der Waals surface area contributed by atoms with E-state index in [1.807, 2.05) is 6.92 Å². The third-order valence-corrected chi connectivity index (χ3v) is 2.01. The van der Waals surface area contributed by atoms with Crippen LogP contribution in [0.3, 0.4) is 0 Å². The molecule has 0 bridgehead atoms. The quantitative estimate of drug-likeness (QED) is 0.504. The number of alkyl halides is 3. The van der Waals surface area contributed by atoms with Crippen LogP contribution in [-0.2, 0) is 6.18 Å². The Labute approximate surface area is 97.1 Å². The zero-order valence-electron chi connectivity index (χ0n) is 9.29. The molecule has 0 radical (unpaired) electrons. The normalized spacial score (nSPS) is 12.0. The van der Waals surface area contributed by atoms with E-state index in [1.54, 1.807) is 0 Å². The molecule has 0 fully saturated rings. The summed E-state index contributed by atoms with van der Waals surface area (Å²) in [6.07, 6.45) is -2.49. The van der Waals surface area contributed by atoms with Crippen LogP contribution >= 0.6 is 0 Å². The Balaban J connectivity index is 3.08. The van der Waals surface area contributed by atoms with E-state index < -0.39 is 11.7 Å². The molecule has 2 N–H and O–H groups in total. The number of nitrogens with two attached hydrogens (primary N) is 1. The van der Waals surface area contributed by atoms with Crippen molar-refractivity contribution in [3.05, 3.63) is 29.3 Å². The molecular formula is C11H13F3N2O. The molecule has 0 atom stereocenters. The lowest BCUT2D eigenvalue weighted by atomic mass is 10.1. The molecule has 0 unspecified atom stereocenters. The molecule has 0 amide bonds. The molecule has 0 aliphatic heterocycles. The molecule has 0 spiro atoms. The summed E-state index contributed by atoms with van der Waals surface area (Å²) in [6, 6.07) is 3.20. The van der Waals surface area contributed by atoms with Gasteiger partial charge in [-0.15, -0.1) is 0 Å². The van der Waals surface area contributed by atoms with Gasteiger partial charge in [0.2, 0.25) is 0 Å². The summed E-state index contributed by atoms with van der Waals surface area (Å²) in [4.78, 5) is 0. The zero-order valence-corrected chi connectivity index (χ0v) is 9.29. The monoisotopic (exact) mass is 246 g/mol. The highest BCUT2D eigenvalue weighted by Gasteiger charge is 2.30. The number of halogens is 3. The van der Waals surface area contributed by atoms with E-state index in [0.29, 0.717) is 12.4 Å². The summed E-state index contributed by atoms with van der Waals surface area (Å²) >= 11 is 0. The van der Waals surface area contributed by atoms with Gasteiger partial charge in [-0.3, -0.25) is 0 Å². The van der Waals surface area contributed by atoms with Crippen LogP contribution in [0.5, 0.6) is 5.75 Å². The summed E-state index contributed by atoms with van der Waals surface area (Å²) in [6.45, 7) is 2.33. The highest BCUT2D eigenvalue weighted by atomic mass is 19.4. The Bertz CT molecular complexity index is 402. The first-order valence-corrected chi connectivity index (χ1v) is 5.06. The fourth-order valence-corrected chi connectivity index (χ4v) is 1.25. The van der Waals surface area contributed by atoms with E-state index >= 15 is 0 Å². The van der Waals surface area contributed by atoms with Crippen LogP contribution in [0.25, 0.3) is 0 Å². The van der Waals surface area contributed by atoms with E-state index in [4.69, 9.17) is 10.6 Å². The van der Waals surface area contributed by atoms with E-state index in [1.165, 1.54) is 6.07 Å². The Morgan fingerprint density at radius 2 is 2.12 bits per heavy atom. The number of benzene rings is 1. The minimum Gasteiger partial charge on any atom is -0.493 e. The van der Waals surface area contributed by atoms with Crippen molar-refractivity contribution in [1.82, 2.24) is 0 Å². The summed E-state index contributed by atoms with van der Waals surface area (Å²) < 4.78 is 42.7. The number of hydrogen-bond acceptors (Lipinski definition) is 3. The second-order valence-corrected chi connectivity index (χ2v) is 3.38. The molecule has 0 saturated carbocycles. The fraction of sp³-hybridized carbons (Fsp3) is 0.364. The first-order valence-electron chi connectivity index (χ1n) is 5.06. The molecule has 0 aromatic heterocycles. The Kier molecular flexibility index (Phi) is 4.37. The average Bonchev–Trinajstić information content (AvgIpc) is 2.26. The van der Waals surface area contributed by atoms with Gasteiger partial charge in [0.25, 0.3) is 0 Å². The SMILES string of the molecule is CCCOc1ccc(C(F)(F)F)cc1C=NN. The van der Waals surface area contributed by atoms with Crippen molar-refractivity contribution in [1.29, 1.82) is 0 Å². The molecule has 94 valence electrons. The summed E-state index contributed by atoms with van der Waals surface area (Å²) in [5, 5.41) is 3.23. The molecular weight excluding hydrogens is 233 g/mol. The molecule has 1 aromatic carbocycles. The van der Waals surface area contributed by atoms with E-state index in [0.717, 1.165) is 24.8 Å². The van der Waals surface area contributed by atoms with Crippen molar-refractivity contribution in [3.63, 3.8) is 0 Å². The van der Waals surface area contributed by atoms with Gasteiger partial charge in [0, 0.05) is 5.56 Å². The summed E-state index contributed by atoms with van der Waals surface area (Å²) in [5.41, 5.74) is -0.535. The molecule has 6 heteroatoms. The number of rotatable bonds is 4. The number of hydrazone groups is 1. The van der Waals surface area contributed by atoms with Crippen molar-refractivity contribution in [2.45, 2.75) is 19.5 Å². The van der Waals surface area contributed by atoms with Crippen LogP contribution in [-0.4, -0.2) is 12.8 Å². The van der Waals surface area contributed by atoms with Crippen molar-refractivity contribution in [2.24, 2.45) is 10.9 Å². The van der Waals surface area contributed by atoms with E-state index in [2.05, 4.69) is 5.10 Å². The van der Waals surface area contributed by atoms with Gasteiger partial charge in [-0.25, -0.2) is 0 Å². The van der Waals surface area contributed by atoms with Gasteiger partial charge < -0.3 is 10.6 Å². The lowest BCUT2D eigenvalue weighted by molar-refractivity contribution is -0.137. The van der Waals surface area contributed by atoms with Gasteiger partial charge in [-0.05, 0) is 24.6 Å². The van der Waals surface area contributed by atoms with Crippen LogP contribution in [0.1, 0.15) is 24.5 Å². The Hall–Kier alpha value is -1.72. The maximum Gasteiger partial charge on any atom is 0.416 e. The molecule has 1 aromatic rings. The second-order valence-electron chi connectivity index (χ2n) is 3.38. The van der Waals surface area contributed by atoms with Crippen molar-refractivity contribution in [2.75, 3.05) is 6.61 Å². The third kappa shape index (κ3) is 3.65. The van der Waals surface area contributed by atoms with Crippen molar-refractivity contribution >= 4 is 6.21 Å². The highest BCUT2D eigenvalue weighted by Crippen LogP contribution is 2.32.